The first-order valence-corrected chi connectivity index (χ1v) is 8.95. The lowest BCUT2D eigenvalue weighted by Gasteiger charge is -2.32. The Morgan fingerprint density at radius 2 is 1.88 bits per heavy atom. The van der Waals surface area contributed by atoms with Gasteiger partial charge in [-0.1, -0.05) is 49.6 Å². The van der Waals surface area contributed by atoms with Crippen LogP contribution in [0, 0.1) is 0 Å². The Morgan fingerprint density at radius 1 is 1.21 bits per heavy atom. The number of amides is 2. The molecule has 1 aromatic rings. The van der Waals surface area contributed by atoms with Gasteiger partial charge in [-0.15, -0.1) is 0 Å². The average Bonchev–Trinajstić information content (AvgIpc) is 2.58. The van der Waals surface area contributed by atoms with E-state index in [0.717, 1.165) is 44.2 Å². The lowest BCUT2D eigenvalue weighted by Crippen LogP contribution is -2.48. The van der Waals surface area contributed by atoms with Gasteiger partial charge in [-0.2, -0.15) is 0 Å². The van der Waals surface area contributed by atoms with Crippen molar-refractivity contribution in [2.45, 2.75) is 50.2 Å². The number of benzene rings is 1. The van der Waals surface area contributed by atoms with Gasteiger partial charge in [0.1, 0.15) is 0 Å². The maximum absolute atomic E-state index is 12.3. The highest BCUT2D eigenvalue weighted by Crippen LogP contribution is 2.27. The van der Waals surface area contributed by atoms with E-state index >= 15 is 0 Å². The Hall–Kier alpha value is -1.59. The van der Waals surface area contributed by atoms with Crippen LogP contribution in [-0.4, -0.2) is 48.8 Å². The molecule has 1 aromatic carbocycles. The Balaban J connectivity index is 1.89. The van der Waals surface area contributed by atoms with Gasteiger partial charge in [0.2, 0.25) is 0 Å². The van der Waals surface area contributed by atoms with Gasteiger partial charge in [0.05, 0.1) is 11.6 Å². The molecule has 2 rings (SSSR count). The van der Waals surface area contributed by atoms with Gasteiger partial charge in [0.25, 0.3) is 0 Å². The van der Waals surface area contributed by atoms with E-state index in [-0.39, 0.29) is 12.1 Å². The molecule has 0 aliphatic heterocycles. The van der Waals surface area contributed by atoms with E-state index in [1.54, 1.807) is 0 Å². The molecule has 24 heavy (non-hydrogen) atoms. The Labute approximate surface area is 145 Å². The second kappa shape index (κ2) is 9.04. The van der Waals surface area contributed by atoms with Crippen LogP contribution in [0.15, 0.2) is 30.3 Å². The van der Waals surface area contributed by atoms with E-state index in [0.29, 0.717) is 6.54 Å². The molecular formula is C19H31N3O2. The molecule has 0 aromatic heterocycles. The summed E-state index contributed by atoms with van der Waals surface area (Å²) in [6, 6.07) is 9.79. The van der Waals surface area contributed by atoms with Crippen LogP contribution in [0.3, 0.4) is 0 Å². The molecule has 5 heteroatoms. The number of urea groups is 1. The topological polar surface area (TPSA) is 64.6 Å². The SMILES string of the molecule is CN(C)CC[C@H](NC(=O)NCC1(O)CCCCC1)c1ccccc1. The number of rotatable bonds is 7. The molecule has 0 radical (unpaired) electrons. The molecule has 0 bridgehead atoms. The van der Waals surface area contributed by atoms with Crippen LogP contribution >= 0.6 is 0 Å². The van der Waals surface area contributed by atoms with Crippen molar-refractivity contribution in [2.75, 3.05) is 27.2 Å². The van der Waals surface area contributed by atoms with Gasteiger partial charge < -0.3 is 20.6 Å². The summed E-state index contributed by atoms with van der Waals surface area (Å²) in [5.74, 6) is 0. The molecule has 5 nitrogen and oxygen atoms in total. The first kappa shape index (κ1) is 18.7. The first-order valence-electron chi connectivity index (χ1n) is 8.95. The molecule has 2 amide bonds. The molecule has 1 atom stereocenters. The van der Waals surface area contributed by atoms with Crippen molar-refractivity contribution in [3.8, 4) is 0 Å². The molecule has 1 aliphatic carbocycles. The number of carbonyl (C=O) groups is 1. The minimum atomic E-state index is -0.735. The van der Waals surface area contributed by atoms with Crippen LogP contribution in [0.25, 0.3) is 0 Å². The van der Waals surface area contributed by atoms with Crippen molar-refractivity contribution in [1.29, 1.82) is 0 Å². The zero-order chi connectivity index (χ0) is 17.4. The normalized spacial score (nSPS) is 18.2. The lowest BCUT2D eigenvalue weighted by atomic mass is 9.85. The van der Waals surface area contributed by atoms with Crippen LogP contribution in [-0.2, 0) is 0 Å². The highest BCUT2D eigenvalue weighted by molar-refractivity contribution is 5.74. The Morgan fingerprint density at radius 3 is 2.50 bits per heavy atom. The molecule has 0 spiro atoms. The second-order valence-electron chi connectivity index (χ2n) is 7.17. The zero-order valence-corrected chi connectivity index (χ0v) is 14.9. The van der Waals surface area contributed by atoms with Crippen molar-refractivity contribution < 1.29 is 9.90 Å². The summed E-state index contributed by atoms with van der Waals surface area (Å²) in [6.07, 6.45) is 5.64. The van der Waals surface area contributed by atoms with E-state index in [9.17, 15) is 9.90 Å². The second-order valence-corrected chi connectivity index (χ2v) is 7.17. The van der Waals surface area contributed by atoms with Gasteiger partial charge in [-0.3, -0.25) is 0 Å². The summed E-state index contributed by atoms with van der Waals surface area (Å²) in [4.78, 5) is 14.4. The monoisotopic (exact) mass is 333 g/mol. The van der Waals surface area contributed by atoms with Gasteiger partial charge in [0.15, 0.2) is 0 Å². The van der Waals surface area contributed by atoms with Gasteiger partial charge in [-0.05, 0) is 45.5 Å². The molecule has 1 saturated carbocycles. The van der Waals surface area contributed by atoms with Crippen LogP contribution in [0.5, 0.6) is 0 Å². The summed E-state index contributed by atoms with van der Waals surface area (Å²) < 4.78 is 0. The van der Waals surface area contributed by atoms with E-state index in [1.165, 1.54) is 6.42 Å². The van der Waals surface area contributed by atoms with Crippen molar-refractivity contribution in [3.63, 3.8) is 0 Å². The van der Waals surface area contributed by atoms with Crippen molar-refractivity contribution in [3.05, 3.63) is 35.9 Å². The molecule has 0 unspecified atom stereocenters. The highest BCUT2D eigenvalue weighted by Gasteiger charge is 2.29. The summed E-state index contributed by atoms with van der Waals surface area (Å²) in [7, 11) is 4.06. The van der Waals surface area contributed by atoms with E-state index in [2.05, 4.69) is 15.5 Å². The van der Waals surface area contributed by atoms with E-state index < -0.39 is 5.60 Å². The standard InChI is InChI=1S/C19H31N3O2/c1-22(2)14-11-17(16-9-5-3-6-10-16)21-18(23)20-15-19(24)12-7-4-8-13-19/h3,5-6,9-10,17,24H,4,7-8,11-15H2,1-2H3,(H2,20,21,23)/t17-/m0/s1. The average molecular weight is 333 g/mol. The zero-order valence-electron chi connectivity index (χ0n) is 14.9. The number of hydrogen-bond donors (Lipinski definition) is 3. The minimum Gasteiger partial charge on any atom is -0.388 e. The summed E-state index contributed by atoms with van der Waals surface area (Å²) >= 11 is 0. The van der Waals surface area contributed by atoms with E-state index in [4.69, 9.17) is 0 Å². The highest BCUT2D eigenvalue weighted by atomic mass is 16.3. The number of nitrogens with one attached hydrogen (secondary N) is 2. The van der Waals surface area contributed by atoms with Crippen LogP contribution in [0.2, 0.25) is 0 Å². The van der Waals surface area contributed by atoms with Crippen molar-refractivity contribution >= 4 is 6.03 Å². The van der Waals surface area contributed by atoms with Crippen molar-refractivity contribution in [1.82, 2.24) is 15.5 Å². The fraction of sp³-hybridized carbons (Fsp3) is 0.632. The molecule has 1 aliphatic rings. The fourth-order valence-corrected chi connectivity index (χ4v) is 3.24. The molecule has 3 N–H and O–H groups in total. The van der Waals surface area contributed by atoms with E-state index in [1.807, 2.05) is 44.4 Å². The van der Waals surface area contributed by atoms with Crippen LogP contribution < -0.4 is 10.6 Å². The van der Waals surface area contributed by atoms with Crippen LogP contribution in [0.4, 0.5) is 4.79 Å². The fourth-order valence-electron chi connectivity index (χ4n) is 3.24. The summed E-state index contributed by atoms with van der Waals surface area (Å²) in [6.45, 7) is 1.22. The summed E-state index contributed by atoms with van der Waals surface area (Å²) in [5, 5.41) is 16.4. The molecule has 0 saturated heterocycles. The predicted molar refractivity (Wildman–Crippen MR) is 96.9 cm³/mol. The number of carbonyl (C=O) groups excluding carboxylic acids is 1. The quantitative estimate of drug-likeness (QED) is 0.719. The first-order chi connectivity index (χ1) is 11.5. The molecular weight excluding hydrogens is 302 g/mol. The number of nitrogens with zero attached hydrogens (tertiary/aromatic N) is 1. The summed E-state index contributed by atoms with van der Waals surface area (Å²) in [5.41, 5.74) is 0.368. The third-order valence-electron chi connectivity index (χ3n) is 4.73. The van der Waals surface area contributed by atoms with Gasteiger partial charge >= 0.3 is 6.03 Å². The van der Waals surface area contributed by atoms with Gasteiger partial charge in [-0.25, -0.2) is 4.79 Å². The maximum Gasteiger partial charge on any atom is 0.315 e. The largest absolute Gasteiger partial charge is 0.388 e. The number of hydrogen-bond acceptors (Lipinski definition) is 3. The minimum absolute atomic E-state index is 0.0328. The third kappa shape index (κ3) is 6.13. The predicted octanol–water partition coefficient (Wildman–Crippen LogP) is 2.67. The van der Waals surface area contributed by atoms with Gasteiger partial charge in [0, 0.05) is 6.54 Å². The molecule has 1 fully saturated rings. The smallest absolute Gasteiger partial charge is 0.315 e. The third-order valence-corrected chi connectivity index (χ3v) is 4.73. The molecule has 134 valence electrons. The Bertz CT molecular complexity index is 499. The molecule has 0 heterocycles. The Kier molecular flexibility index (Phi) is 7.06. The maximum atomic E-state index is 12.3. The van der Waals surface area contributed by atoms with Crippen LogP contribution in [0.1, 0.15) is 50.1 Å². The number of aliphatic hydroxyl groups is 1. The lowest BCUT2D eigenvalue weighted by molar-refractivity contribution is 0.00711. The van der Waals surface area contributed by atoms with Crippen molar-refractivity contribution in [2.24, 2.45) is 0 Å².